The fourth-order valence-corrected chi connectivity index (χ4v) is 4.28. The number of ether oxygens (including phenoxy) is 1. The number of likely N-dealkylation sites (N-methyl/N-ethyl adjacent to an activating group) is 1. The van der Waals surface area contributed by atoms with Crippen molar-refractivity contribution in [3.63, 3.8) is 0 Å². The molecule has 0 aliphatic carbocycles. The van der Waals surface area contributed by atoms with E-state index in [0.29, 0.717) is 33.1 Å². The number of hydrogen-bond acceptors (Lipinski definition) is 5. The van der Waals surface area contributed by atoms with E-state index in [4.69, 9.17) is 16.3 Å². The Morgan fingerprint density at radius 3 is 2.67 bits per heavy atom. The van der Waals surface area contributed by atoms with Gasteiger partial charge in [0.15, 0.2) is 5.17 Å². The van der Waals surface area contributed by atoms with Gasteiger partial charge in [0.05, 0.1) is 16.2 Å². The van der Waals surface area contributed by atoms with Gasteiger partial charge in [0.25, 0.3) is 5.91 Å². The van der Waals surface area contributed by atoms with Gasteiger partial charge < -0.3 is 9.84 Å². The lowest BCUT2D eigenvalue weighted by Crippen LogP contribution is -2.23. The van der Waals surface area contributed by atoms with Crippen LogP contribution in [0.2, 0.25) is 5.02 Å². The number of rotatable bonds is 6. The zero-order valence-corrected chi connectivity index (χ0v) is 19.1. The SMILES string of the molecule is CN1C(=O)/C(=C\c2ccccc2OCc2ccccc2Cl)SC1=Nc1cccc(C(=O)O)c1. The van der Waals surface area contributed by atoms with Crippen LogP contribution in [0.5, 0.6) is 5.75 Å². The number of benzene rings is 3. The van der Waals surface area contributed by atoms with E-state index in [-0.39, 0.29) is 11.5 Å². The number of hydrogen-bond donors (Lipinski definition) is 1. The summed E-state index contributed by atoms with van der Waals surface area (Å²) in [7, 11) is 1.63. The molecule has 0 radical (unpaired) electrons. The van der Waals surface area contributed by atoms with Gasteiger partial charge in [-0.3, -0.25) is 9.69 Å². The molecule has 0 saturated carbocycles. The second kappa shape index (κ2) is 9.94. The van der Waals surface area contributed by atoms with E-state index < -0.39 is 5.97 Å². The molecule has 8 heteroatoms. The summed E-state index contributed by atoms with van der Waals surface area (Å²) >= 11 is 7.44. The number of para-hydroxylation sites is 1. The van der Waals surface area contributed by atoms with E-state index in [2.05, 4.69) is 4.99 Å². The Labute approximate surface area is 200 Å². The molecule has 1 fully saturated rings. The number of amides is 1. The van der Waals surface area contributed by atoms with E-state index in [0.717, 1.165) is 11.1 Å². The highest BCUT2D eigenvalue weighted by atomic mass is 35.5. The van der Waals surface area contributed by atoms with Crippen LogP contribution < -0.4 is 4.74 Å². The molecule has 4 rings (SSSR count). The van der Waals surface area contributed by atoms with Crippen LogP contribution in [0, 0.1) is 0 Å². The first kappa shape index (κ1) is 22.6. The normalized spacial score (nSPS) is 15.9. The number of halogens is 1. The molecule has 1 aliphatic rings. The topological polar surface area (TPSA) is 79.2 Å². The van der Waals surface area contributed by atoms with Gasteiger partial charge in [0, 0.05) is 23.2 Å². The van der Waals surface area contributed by atoms with Crippen molar-refractivity contribution in [2.24, 2.45) is 4.99 Å². The van der Waals surface area contributed by atoms with Crippen molar-refractivity contribution in [1.82, 2.24) is 4.90 Å². The average molecular weight is 479 g/mol. The molecule has 0 aromatic heterocycles. The minimum Gasteiger partial charge on any atom is -0.488 e. The number of carbonyl (C=O) groups excluding carboxylic acids is 1. The molecular weight excluding hydrogens is 460 g/mol. The molecule has 1 N–H and O–H groups in total. The van der Waals surface area contributed by atoms with Gasteiger partial charge in [-0.25, -0.2) is 9.79 Å². The molecule has 3 aromatic rings. The summed E-state index contributed by atoms with van der Waals surface area (Å²) in [6.45, 7) is 0.299. The highest BCUT2D eigenvalue weighted by Gasteiger charge is 2.30. The lowest BCUT2D eigenvalue weighted by molar-refractivity contribution is -0.121. The lowest BCUT2D eigenvalue weighted by atomic mass is 10.1. The van der Waals surface area contributed by atoms with Gasteiger partial charge >= 0.3 is 5.97 Å². The Morgan fingerprint density at radius 2 is 1.88 bits per heavy atom. The highest BCUT2D eigenvalue weighted by Crippen LogP contribution is 2.35. The van der Waals surface area contributed by atoms with Gasteiger partial charge in [-0.2, -0.15) is 0 Å². The molecule has 6 nitrogen and oxygen atoms in total. The summed E-state index contributed by atoms with van der Waals surface area (Å²) in [5.74, 6) is -0.607. The molecule has 3 aromatic carbocycles. The van der Waals surface area contributed by atoms with E-state index >= 15 is 0 Å². The largest absolute Gasteiger partial charge is 0.488 e. The smallest absolute Gasteiger partial charge is 0.335 e. The Bertz CT molecular complexity index is 1290. The number of carboxylic acid groups (broad SMARTS) is 1. The van der Waals surface area contributed by atoms with Gasteiger partial charge in [-0.15, -0.1) is 0 Å². The third kappa shape index (κ3) is 5.27. The quantitative estimate of drug-likeness (QED) is 0.449. The molecular formula is C25H19ClN2O4S. The van der Waals surface area contributed by atoms with Crippen LogP contribution in [0.1, 0.15) is 21.5 Å². The predicted octanol–water partition coefficient (Wildman–Crippen LogP) is 5.85. The van der Waals surface area contributed by atoms with E-state index in [9.17, 15) is 14.7 Å². The molecule has 0 bridgehead atoms. The Kier molecular flexibility index (Phi) is 6.82. The summed E-state index contributed by atoms with van der Waals surface area (Å²) in [5.41, 5.74) is 2.21. The van der Waals surface area contributed by atoms with Crippen LogP contribution in [-0.2, 0) is 11.4 Å². The molecule has 0 unspecified atom stereocenters. The summed E-state index contributed by atoms with van der Waals surface area (Å²) in [6, 6.07) is 21.2. The zero-order valence-electron chi connectivity index (χ0n) is 17.6. The van der Waals surface area contributed by atoms with E-state index in [1.54, 1.807) is 25.3 Å². The summed E-state index contributed by atoms with van der Waals surface area (Å²) in [4.78, 5) is 30.4. The van der Waals surface area contributed by atoms with E-state index in [1.807, 2.05) is 48.5 Å². The molecule has 33 heavy (non-hydrogen) atoms. The third-order valence-electron chi connectivity index (χ3n) is 4.87. The van der Waals surface area contributed by atoms with Crippen molar-refractivity contribution < 1.29 is 19.4 Å². The standard InChI is InChI=1S/C25H19ClN2O4S/c1-28-23(29)22(33-25(28)27-19-10-6-9-17(13-19)24(30)31)14-16-7-3-5-12-21(16)32-15-18-8-2-4-11-20(18)26/h2-14H,15H2,1H3,(H,30,31)/b22-14+,27-25?. The maximum atomic E-state index is 12.8. The first-order valence-electron chi connectivity index (χ1n) is 9.97. The monoisotopic (exact) mass is 478 g/mol. The van der Waals surface area contributed by atoms with Crippen molar-refractivity contribution in [3.05, 3.63) is 99.4 Å². The number of aromatic carboxylic acids is 1. The van der Waals surface area contributed by atoms with Crippen molar-refractivity contribution in [1.29, 1.82) is 0 Å². The minimum absolute atomic E-state index is 0.134. The highest BCUT2D eigenvalue weighted by molar-refractivity contribution is 8.18. The van der Waals surface area contributed by atoms with Gasteiger partial charge in [0.1, 0.15) is 12.4 Å². The van der Waals surface area contributed by atoms with Crippen LogP contribution in [0.4, 0.5) is 5.69 Å². The van der Waals surface area contributed by atoms with Gasteiger partial charge in [-0.05, 0) is 48.2 Å². The molecule has 0 atom stereocenters. The number of nitrogens with zero attached hydrogens (tertiary/aromatic N) is 2. The Balaban J connectivity index is 1.57. The first-order valence-corrected chi connectivity index (χ1v) is 11.2. The fourth-order valence-electron chi connectivity index (χ4n) is 3.11. The van der Waals surface area contributed by atoms with Crippen LogP contribution >= 0.6 is 23.4 Å². The molecule has 1 saturated heterocycles. The molecule has 1 amide bonds. The van der Waals surface area contributed by atoms with Crippen molar-refractivity contribution in [2.75, 3.05) is 7.05 Å². The van der Waals surface area contributed by atoms with Crippen LogP contribution in [0.3, 0.4) is 0 Å². The Morgan fingerprint density at radius 1 is 1.12 bits per heavy atom. The number of thioether (sulfide) groups is 1. The number of aliphatic imine (C=N–C) groups is 1. The van der Waals surface area contributed by atoms with Crippen LogP contribution in [0.25, 0.3) is 6.08 Å². The van der Waals surface area contributed by atoms with Crippen molar-refractivity contribution >= 4 is 52.2 Å². The molecule has 1 aliphatic heterocycles. The average Bonchev–Trinajstić information content (AvgIpc) is 3.07. The zero-order chi connectivity index (χ0) is 23.4. The second-order valence-corrected chi connectivity index (χ2v) is 8.56. The maximum absolute atomic E-state index is 12.8. The number of carbonyl (C=O) groups is 2. The van der Waals surface area contributed by atoms with Crippen LogP contribution in [-0.4, -0.2) is 34.1 Å². The van der Waals surface area contributed by atoms with Gasteiger partial charge in [0.2, 0.25) is 0 Å². The molecule has 0 spiro atoms. The number of amidine groups is 1. The summed E-state index contributed by atoms with van der Waals surface area (Å²) < 4.78 is 5.99. The summed E-state index contributed by atoms with van der Waals surface area (Å²) in [5, 5.41) is 10.3. The molecule has 166 valence electrons. The fraction of sp³-hybridized carbons (Fsp3) is 0.0800. The van der Waals surface area contributed by atoms with Crippen molar-refractivity contribution in [2.45, 2.75) is 6.61 Å². The Hall–Kier alpha value is -3.55. The molecule has 1 heterocycles. The number of carboxylic acids is 1. The first-order chi connectivity index (χ1) is 15.9. The lowest BCUT2D eigenvalue weighted by Gasteiger charge is -2.10. The van der Waals surface area contributed by atoms with Gasteiger partial charge in [-0.1, -0.05) is 54.1 Å². The predicted molar refractivity (Wildman–Crippen MR) is 131 cm³/mol. The summed E-state index contributed by atoms with van der Waals surface area (Å²) in [6.07, 6.45) is 1.77. The minimum atomic E-state index is -1.03. The second-order valence-electron chi connectivity index (χ2n) is 7.14. The van der Waals surface area contributed by atoms with Crippen LogP contribution in [0.15, 0.2) is 82.7 Å². The maximum Gasteiger partial charge on any atom is 0.335 e. The van der Waals surface area contributed by atoms with E-state index in [1.165, 1.54) is 28.8 Å². The van der Waals surface area contributed by atoms with Crippen molar-refractivity contribution in [3.8, 4) is 5.75 Å². The third-order valence-corrected chi connectivity index (χ3v) is 6.30.